The number of hydrogen-bond acceptors (Lipinski definition) is 3. The first-order chi connectivity index (χ1) is 14.6. The molecular weight excluding hydrogens is 376 g/mol. The second kappa shape index (κ2) is 6.42. The zero-order valence-electron chi connectivity index (χ0n) is 17.0. The second-order valence-electron chi connectivity index (χ2n) is 8.93. The van der Waals surface area contributed by atoms with E-state index in [2.05, 4.69) is 15.3 Å². The molecular formula is C24H24N4O2. The fraction of sp³-hybridized carbons (Fsp3) is 0.375. The number of nitrogens with zero attached hydrogens (tertiary/aromatic N) is 3. The first-order valence-electron chi connectivity index (χ1n) is 10.8. The summed E-state index contributed by atoms with van der Waals surface area (Å²) >= 11 is 0. The van der Waals surface area contributed by atoms with Crippen molar-refractivity contribution in [1.82, 2.24) is 14.7 Å². The predicted octanol–water partition coefficient (Wildman–Crippen LogP) is 3.97. The van der Waals surface area contributed by atoms with Crippen LogP contribution in [-0.2, 0) is 13.6 Å². The van der Waals surface area contributed by atoms with E-state index in [1.807, 2.05) is 43.6 Å². The summed E-state index contributed by atoms with van der Waals surface area (Å²) in [6.07, 6.45) is 6.79. The molecule has 6 rings (SSSR count). The molecule has 2 saturated carbocycles. The van der Waals surface area contributed by atoms with Crippen LogP contribution in [0.2, 0.25) is 0 Å². The number of nitrogens with one attached hydrogen (secondary N) is 1. The Bertz CT molecular complexity index is 1180. The summed E-state index contributed by atoms with van der Waals surface area (Å²) in [6, 6.07) is 11.7. The fourth-order valence-electron chi connectivity index (χ4n) is 5.05. The van der Waals surface area contributed by atoms with Gasteiger partial charge in [-0.25, -0.2) is 0 Å². The second-order valence-corrected chi connectivity index (χ2v) is 8.93. The Morgan fingerprint density at radius 2 is 1.83 bits per heavy atom. The summed E-state index contributed by atoms with van der Waals surface area (Å²) in [7, 11) is 1.84. The van der Waals surface area contributed by atoms with Crippen molar-refractivity contribution in [1.29, 1.82) is 0 Å². The van der Waals surface area contributed by atoms with Gasteiger partial charge in [-0.15, -0.1) is 0 Å². The van der Waals surface area contributed by atoms with E-state index in [-0.39, 0.29) is 11.8 Å². The molecule has 3 aromatic rings. The molecule has 2 fully saturated rings. The standard InChI is InChI=1S/C24H24N4O2/c1-27-13-18-17(5-3-6-19(18)26-27)23(29)25-20-7-2-4-16-12-28(24(30)21(16)20)22(14-8-9-14)15-10-11-15/h2-7,13-15,22H,8-12H2,1H3,(H,25,29). The van der Waals surface area contributed by atoms with E-state index in [1.54, 1.807) is 10.7 Å². The van der Waals surface area contributed by atoms with Gasteiger partial charge in [0.2, 0.25) is 0 Å². The molecule has 2 aromatic carbocycles. The highest BCUT2D eigenvalue weighted by Crippen LogP contribution is 2.49. The number of benzene rings is 2. The lowest BCUT2D eigenvalue weighted by Crippen LogP contribution is -2.38. The minimum Gasteiger partial charge on any atom is -0.331 e. The maximum Gasteiger partial charge on any atom is 0.256 e. The van der Waals surface area contributed by atoms with Crippen LogP contribution in [0.15, 0.2) is 42.6 Å². The SMILES string of the molecule is Cn1cc2c(C(=O)Nc3cccc4c3C(=O)N(C(C3CC3)C3CC3)C4)cccc2n1. The molecule has 30 heavy (non-hydrogen) atoms. The Hall–Kier alpha value is -3.15. The van der Waals surface area contributed by atoms with E-state index in [9.17, 15) is 9.59 Å². The van der Waals surface area contributed by atoms with Crippen molar-refractivity contribution in [3.05, 3.63) is 59.3 Å². The van der Waals surface area contributed by atoms with Crippen molar-refractivity contribution < 1.29 is 9.59 Å². The van der Waals surface area contributed by atoms with Gasteiger partial charge >= 0.3 is 0 Å². The molecule has 0 spiro atoms. The summed E-state index contributed by atoms with van der Waals surface area (Å²) < 4.78 is 1.71. The number of aryl methyl sites for hydroxylation is 1. The number of carbonyl (C=O) groups excluding carboxylic acids is 2. The van der Waals surface area contributed by atoms with Crippen LogP contribution in [0.5, 0.6) is 0 Å². The maximum atomic E-state index is 13.4. The highest BCUT2D eigenvalue weighted by Gasteiger charge is 2.48. The van der Waals surface area contributed by atoms with Gasteiger partial charge in [-0.2, -0.15) is 5.10 Å². The van der Waals surface area contributed by atoms with Crippen molar-refractivity contribution in [2.24, 2.45) is 18.9 Å². The van der Waals surface area contributed by atoms with E-state index in [4.69, 9.17) is 0 Å². The molecule has 0 unspecified atom stereocenters. The lowest BCUT2D eigenvalue weighted by molar-refractivity contribution is 0.0653. The number of carbonyl (C=O) groups is 2. The maximum absolute atomic E-state index is 13.4. The predicted molar refractivity (Wildman–Crippen MR) is 114 cm³/mol. The number of hydrogen-bond donors (Lipinski definition) is 1. The molecule has 6 heteroatoms. The summed E-state index contributed by atoms with van der Waals surface area (Å²) in [5.74, 6) is 1.19. The van der Waals surface area contributed by atoms with Gasteiger partial charge < -0.3 is 10.2 Å². The van der Waals surface area contributed by atoms with Gasteiger partial charge in [-0.05, 0) is 61.3 Å². The molecule has 152 valence electrons. The first kappa shape index (κ1) is 17.7. The van der Waals surface area contributed by atoms with Gasteiger partial charge in [-0.3, -0.25) is 14.3 Å². The van der Waals surface area contributed by atoms with Crippen molar-refractivity contribution in [2.45, 2.75) is 38.3 Å². The average molecular weight is 400 g/mol. The van der Waals surface area contributed by atoms with E-state index in [1.165, 1.54) is 25.7 Å². The zero-order chi connectivity index (χ0) is 20.4. The Morgan fingerprint density at radius 1 is 1.10 bits per heavy atom. The van der Waals surface area contributed by atoms with Gasteiger partial charge in [0, 0.05) is 31.2 Å². The van der Waals surface area contributed by atoms with Crippen LogP contribution >= 0.6 is 0 Å². The van der Waals surface area contributed by atoms with Gasteiger partial charge in [0.15, 0.2) is 0 Å². The minimum atomic E-state index is -0.214. The number of rotatable bonds is 5. The molecule has 0 radical (unpaired) electrons. The van der Waals surface area contributed by atoms with Gasteiger partial charge in [-0.1, -0.05) is 18.2 Å². The third kappa shape index (κ3) is 2.82. The third-order valence-corrected chi connectivity index (χ3v) is 6.69. The van der Waals surface area contributed by atoms with Gasteiger partial charge in [0.25, 0.3) is 11.8 Å². The molecule has 2 aliphatic carbocycles. The van der Waals surface area contributed by atoms with Crippen LogP contribution in [0.25, 0.3) is 10.9 Å². The van der Waals surface area contributed by atoms with E-state index in [0.717, 1.165) is 16.5 Å². The van der Waals surface area contributed by atoms with Crippen LogP contribution in [0.4, 0.5) is 5.69 Å². The van der Waals surface area contributed by atoms with Crippen LogP contribution in [0.1, 0.15) is 52.0 Å². The normalized spacial score (nSPS) is 18.3. The molecule has 0 bridgehead atoms. The Kier molecular flexibility index (Phi) is 3.79. The largest absolute Gasteiger partial charge is 0.331 e. The lowest BCUT2D eigenvalue weighted by Gasteiger charge is -2.28. The van der Waals surface area contributed by atoms with Crippen LogP contribution < -0.4 is 5.32 Å². The van der Waals surface area contributed by atoms with Crippen molar-refractivity contribution in [3.8, 4) is 0 Å². The molecule has 1 aliphatic heterocycles. The minimum absolute atomic E-state index is 0.0734. The molecule has 2 amide bonds. The molecule has 0 atom stereocenters. The molecule has 6 nitrogen and oxygen atoms in total. The van der Waals surface area contributed by atoms with Crippen molar-refractivity contribution in [2.75, 3.05) is 5.32 Å². The number of amides is 2. The quantitative estimate of drug-likeness (QED) is 0.705. The van der Waals surface area contributed by atoms with Crippen LogP contribution in [-0.4, -0.2) is 32.5 Å². The summed E-state index contributed by atoms with van der Waals surface area (Å²) in [6.45, 7) is 0.660. The van der Waals surface area contributed by atoms with E-state index < -0.39 is 0 Å². The molecule has 1 N–H and O–H groups in total. The van der Waals surface area contributed by atoms with Gasteiger partial charge in [0.1, 0.15) is 0 Å². The smallest absolute Gasteiger partial charge is 0.256 e. The first-order valence-corrected chi connectivity index (χ1v) is 10.8. The zero-order valence-corrected chi connectivity index (χ0v) is 17.0. The van der Waals surface area contributed by atoms with E-state index >= 15 is 0 Å². The molecule has 3 aliphatic rings. The van der Waals surface area contributed by atoms with Crippen molar-refractivity contribution >= 4 is 28.4 Å². The number of aromatic nitrogens is 2. The topological polar surface area (TPSA) is 67.2 Å². The average Bonchev–Trinajstić information content (AvgIpc) is 3.65. The Labute approximate surface area is 174 Å². The monoisotopic (exact) mass is 400 g/mol. The lowest BCUT2D eigenvalue weighted by atomic mass is 10.1. The summed E-state index contributed by atoms with van der Waals surface area (Å²) in [5, 5.41) is 8.21. The number of fused-ring (bicyclic) bond motifs is 2. The Morgan fingerprint density at radius 3 is 2.57 bits per heavy atom. The highest BCUT2D eigenvalue weighted by molar-refractivity contribution is 6.15. The Balaban J connectivity index is 1.32. The molecule has 0 saturated heterocycles. The number of anilines is 1. The van der Waals surface area contributed by atoms with Gasteiger partial charge in [0.05, 0.1) is 22.3 Å². The molecule has 1 aromatic heterocycles. The van der Waals surface area contributed by atoms with E-state index in [0.29, 0.717) is 41.2 Å². The van der Waals surface area contributed by atoms with Crippen LogP contribution in [0.3, 0.4) is 0 Å². The third-order valence-electron chi connectivity index (χ3n) is 6.69. The van der Waals surface area contributed by atoms with Crippen LogP contribution in [0, 0.1) is 11.8 Å². The summed E-state index contributed by atoms with van der Waals surface area (Å²) in [4.78, 5) is 28.6. The van der Waals surface area contributed by atoms with Crippen molar-refractivity contribution in [3.63, 3.8) is 0 Å². The fourth-order valence-corrected chi connectivity index (χ4v) is 5.05. The summed E-state index contributed by atoms with van der Waals surface area (Å²) in [5.41, 5.74) is 3.63. The molecule has 2 heterocycles. The highest BCUT2D eigenvalue weighted by atomic mass is 16.2.